The highest BCUT2D eigenvalue weighted by atomic mass is 79.9. The Labute approximate surface area is 102 Å². The van der Waals surface area contributed by atoms with E-state index in [2.05, 4.69) is 36.8 Å². The summed E-state index contributed by atoms with van der Waals surface area (Å²) in [7, 11) is 0. The van der Waals surface area contributed by atoms with E-state index in [0.29, 0.717) is 5.56 Å². The predicted molar refractivity (Wildman–Crippen MR) is 63.9 cm³/mol. The van der Waals surface area contributed by atoms with Crippen LogP contribution < -0.4 is 0 Å². The Kier molecular flexibility index (Phi) is 2.90. The second-order valence-electron chi connectivity index (χ2n) is 2.66. The Bertz CT molecular complexity index is 442. The minimum Gasteiger partial charge on any atom is -0.367 e. The number of thiophene rings is 1. The van der Waals surface area contributed by atoms with E-state index >= 15 is 0 Å². The van der Waals surface area contributed by atoms with Crippen LogP contribution >= 0.6 is 43.2 Å². The molecule has 0 saturated carbocycles. The topological polar surface area (TPSA) is 32.9 Å². The average molecular weight is 335 g/mol. The zero-order valence-electron chi connectivity index (χ0n) is 6.88. The lowest BCUT2D eigenvalue weighted by atomic mass is 10.2. The molecule has 72 valence electrons. The fourth-order valence-electron chi connectivity index (χ4n) is 1.07. The normalized spacial score (nSPS) is 10.4. The maximum atomic E-state index is 11.8. The summed E-state index contributed by atoms with van der Waals surface area (Å²) in [5, 5.41) is 0. The maximum absolute atomic E-state index is 11.8. The molecule has 0 bridgehead atoms. The Morgan fingerprint density at radius 3 is 2.71 bits per heavy atom. The molecule has 5 heteroatoms. The Hall–Kier alpha value is -0.390. The number of hydrogen-bond donors (Lipinski definition) is 1. The van der Waals surface area contributed by atoms with Gasteiger partial charge in [-0.25, -0.2) is 0 Å². The number of halogens is 2. The van der Waals surface area contributed by atoms with Crippen molar-refractivity contribution in [2.24, 2.45) is 0 Å². The maximum Gasteiger partial charge on any atom is 0.204 e. The van der Waals surface area contributed by atoms with Gasteiger partial charge in [0.1, 0.15) is 0 Å². The van der Waals surface area contributed by atoms with Crippen molar-refractivity contribution < 1.29 is 4.79 Å². The molecule has 0 unspecified atom stereocenters. The molecule has 1 N–H and O–H groups in total. The van der Waals surface area contributed by atoms with Crippen molar-refractivity contribution in [1.82, 2.24) is 4.98 Å². The van der Waals surface area contributed by atoms with Gasteiger partial charge in [0.2, 0.25) is 5.78 Å². The Morgan fingerprint density at radius 2 is 2.21 bits per heavy atom. The number of H-pyrrole nitrogens is 1. The summed E-state index contributed by atoms with van der Waals surface area (Å²) >= 11 is 8.14. The molecule has 0 aliphatic rings. The van der Waals surface area contributed by atoms with Crippen LogP contribution in [0.1, 0.15) is 15.2 Å². The minimum absolute atomic E-state index is 0.0441. The fourth-order valence-corrected chi connectivity index (χ4v) is 3.06. The third-order valence-electron chi connectivity index (χ3n) is 1.73. The van der Waals surface area contributed by atoms with Gasteiger partial charge in [0.05, 0.1) is 8.66 Å². The largest absolute Gasteiger partial charge is 0.367 e. The molecule has 0 aliphatic carbocycles. The average Bonchev–Trinajstić information content (AvgIpc) is 2.76. The van der Waals surface area contributed by atoms with E-state index in [1.807, 2.05) is 6.07 Å². The summed E-state index contributed by atoms with van der Waals surface area (Å²) < 4.78 is 1.86. The molecule has 0 spiro atoms. The van der Waals surface area contributed by atoms with E-state index in [4.69, 9.17) is 0 Å². The zero-order chi connectivity index (χ0) is 10.1. The molecular formula is C9H5Br2NOS. The fraction of sp³-hybridized carbons (Fsp3) is 0. The summed E-state index contributed by atoms with van der Waals surface area (Å²) in [6.07, 6.45) is 3.44. The lowest BCUT2D eigenvalue weighted by Gasteiger charge is -1.90. The summed E-state index contributed by atoms with van der Waals surface area (Å²) in [6, 6.07) is 3.59. The molecule has 0 aliphatic heterocycles. The third kappa shape index (κ3) is 1.85. The smallest absolute Gasteiger partial charge is 0.204 e. The number of nitrogens with one attached hydrogen (secondary N) is 1. The number of ketones is 1. The minimum atomic E-state index is 0.0441. The molecular weight excluding hydrogens is 330 g/mol. The molecule has 0 amide bonds. The Morgan fingerprint density at radius 1 is 1.43 bits per heavy atom. The van der Waals surface area contributed by atoms with Crippen LogP contribution in [0.3, 0.4) is 0 Å². The molecule has 0 fully saturated rings. The standard InChI is InChI=1S/C9H5Br2NOS/c10-6-3-7(14-9(6)11)8(13)5-1-2-12-4-5/h1-4,12H. The number of hydrogen-bond acceptors (Lipinski definition) is 2. The number of rotatable bonds is 2. The van der Waals surface area contributed by atoms with Gasteiger partial charge in [-0.3, -0.25) is 4.79 Å². The highest BCUT2D eigenvalue weighted by Gasteiger charge is 2.13. The Balaban J connectivity index is 2.37. The first kappa shape index (κ1) is 10.1. The summed E-state index contributed by atoms with van der Waals surface area (Å²) in [4.78, 5) is 15.4. The first-order chi connectivity index (χ1) is 6.68. The summed E-state index contributed by atoms with van der Waals surface area (Å²) in [5.41, 5.74) is 0.686. The van der Waals surface area contributed by atoms with Gasteiger partial charge in [-0.05, 0) is 44.0 Å². The van der Waals surface area contributed by atoms with Crippen LogP contribution in [0.4, 0.5) is 0 Å². The molecule has 0 atom stereocenters. The highest BCUT2D eigenvalue weighted by Crippen LogP contribution is 2.33. The molecule has 0 saturated heterocycles. The van der Waals surface area contributed by atoms with Crippen molar-refractivity contribution in [2.75, 3.05) is 0 Å². The second kappa shape index (κ2) is 4.00. The van der Waals surface area contributed by atoms with Crippen molar-refractivity contribution in [3.63, 3.8) is 0 Å². The van der Waals surface area contributed by atoms with Gasteiger partial charge in [-0.2, -0.15) is 0 Å². The van der Waals surface area contributed by atoms with E-state index in [-0.39, 0.29) is 5.78 Å². The van der Waals surface area contributed by atoms with Gasteiger partial charge < -0.3 is 4.98 Å². The quantitative estimate of drug-likeness (QED) is 0.832. The molecule has 2 aromatic heterocycles. The van der Waals surface area contributed by atoms with Crippen LogP contribution in [-0.4, -0.2) is 10.8 Å². The van der Waals surface area contributed by atoms with Crippen molar-refractivity contribution in [3.8, 4) is 0 Å². The molecule has 2 nitrogen and oxygen atoms in total. The van der Waals surface area contributed by atoms with E-state index in [9.17, 15) is 4.79 Å². The van der Waals surface area contributed by atoms with Crippen molar-refractivity contribution in [3.05, 3.63) is 43.2 Å². The first-order valence-electron chi connectivity index (χ1n) is 3.81. The lowest BCUT2D eigenvalue weighted by molar-refractivity contribution is 0.104. The molecule has 2 aromatic rings. The predicted octanol–water partition coefficient (Wildman–Crippen LogP) is 3.83. The van der Waals surface area contributed by atoms with E-state index < -0.39 is 0 Å². The van der Waals surface area contributed by atoms with Crippen LogP contribution in [0.25, 0.3) is 0 Å². The SMILES string of the molecule is O=C(c1cc[nH]c1)c1cc(Br)c(Br)s1. The van der Waals surface area contributed by atoms with Gasteiger partial charge in [0.25, 0.3) is 0 Å². The van der Waals surface area contributed by atoms with Gasteiger partial charge >= 0.3 is 0 Å². The van der Waals surface area contributed by atoms with Crippen LogP contribution in [0.15, 0.2) is 32.8 Å². The first-order valence-corrected chi connectivity index (χ1v) is 6.21. The van der Waals surface area contributed by atoms with Crippen LogP contribution in [0.2, 0.25) is 0 Å². The molecule has 14 heavy (non-hydrogen) atoms. The van der Waals surface area contributed by atoms with E-state index in [1.54, 1.807) is 18.5 Å². The van der Waals surface area contributed by atoms with Gasteiger partial charge in [0.15, 0.2) is 0 Å². The second-order valence-corrected chi connectivity index (χ2v) is 5.89. The van der Waals surface area contributed by atoms with Crippen molar-refractivity contribution in [2.45, 2.75) is 0 Å². The molecule has 2 rings (SSSR count). The molecule has 0 aromatic carbocycles. The summed E-state index contributed by atoms with van der Waals surface area (Å²) in [6.45, 7) is 0. The zero-order valence-corrected chi connectivity index (χ0v) is 10.9. The van der Waals surface area contributed by atoms with Crippen LogP contribution in [0.5, 0.6) is 0 Å². The highest BCUT2D eigenvalue weighted by molar-refractivity contribution is 9.13. The van der Waals surface area contributed by atoms with Gasteiger partial charge in [0, 0.05) is 22.4 Å². The number of aromatic amines is 1. The van der Waals surface area contributed by atoms with Crippen molar-refractivity contribution >= 4 is 49.0 Å². The van der Waals surface area contributed by atoms with Gasteiger partial charge in [-0.1, -0.05) is 0 Å². The number of aromatic nitrogens is 1. The lowest BCUT2D eigenvalue weighted by Crippen LogP contribution is -1.95. The van der Waals surface area contributed by atoms with Crippen LogP contribution in [0, 0.1) is 0 Å². The number of carbonyl (C=O) groups excluding carboxylic acids is 1. The monoisotopic (exact) mass is 333 g/mol. The van der Waals surface area contributed by atoms with Gasteiger partial charge in [-0.15, -0.1) is 11.3 Å². The van der Waals surface area contributed by atoms with E-state index in [0.717, 1.165) is 13.1 Å². The molecule has 2 heterocycles. The third-order valence-corrected chi connectivity index (χ3v) is 4.98. The van der Waals surface area contributed by atoms with E-state index in [1.165, 1.54) is 11.3 Å². The molecule has 0 radical (unpaired) electrons. The van der Waals surface area contributed by atoms with Crippen LogP contribution in [-0.2, 0) is 0 Å². The summed E-state index contributed by atoms with van der Waals surface area (Å²) in [5.74, 6) is 0.0441. The number of carbonyl (C=O) groups is 1. The van der Waals surface area contributed by atoms with Crippen molar-refractivity contribution in [1.29, 1.82) is 0 Å².